The smallest absolute Gasteiger partial charge is 0.142 e. The minimum atomic E-state index is -0.202. The Morgan fingerprint density at radius 1 is 1.60 bits per heavy atom. The van der Waals surface area contributed by atoms with Gasteiger partial charge in [-0.1, -0.05) is 19.1 Å². The molecule has 0 aromatic rings. The lowest BCUT2D eigenvalue weighted by Crippen LogP contribution is -2.26. The lowest BCUT2D eigenvalue weighted by atomic mass is 9.78. The number of carbonyl (C=O) groups excluding carboxylic acids is 1. The number of hydrogen-bond donors (Lipinski definition) is 0. The van der Waals surface area contributed by atoms with E-state index in [4.69, 9.17) is 0 Å². The van der Waals surface area contributed by atoms with Crippen molar-refractivity contribution in [3.05, 3.63) is 12.2 Å². The normalized spacial score (nSPS) is 30.7. The van der Waals surface area contributed by atoms with E-state index in [1.807, 2.05) is 19.9 Å². The number of carbonyl (C=O) groups is 1. The van der Waals surface area contributed by atoms with Crippen LogP contribution in [0.25, 0.3) is 0 Å². The predicted molar refractivity (Wildman–Crippen MR) is 41.7 cm³/mol. The molecule has 0 spiro atoms. The Morgan fingerprint density at radius 2 is 2.20 bits per heavy atom. The summed E-state index contributed by atoms with van der Waals surface area (Å²) in [5.41, 5.74) is -0.202. The van der Waals surface area contributed by atoms with Crippen LogP contribution in [0.1, 0.15) is 27.2 Å². The Kier molecular flexibility index (Phi) is 1.67. The maximum Gasteiger partial charge on any atom is 0.142 e. The molecular formula is C9H14O. The minimum Gasteiger partial charge on any atom is -0.299 e. The average molecular weight is 138 g/mol. The summed E-state index contributed by atoms with van der Waals surface area (Å²) in [6, 6.07) is 0. The molecule has 1 heteroatoms. The van der Waals surface area contributed by atoms with E-state index in [9.17, 15) is 4.79 Å². The second-order valence-electron chi connectivity index (χ2n) is 3.69. The molecule has 0 aromatic carbocycles. The first-order valence-corrected chi connectivity index (χ1v) is 3.75. The quantitative estimate of drug-likeness (QED) is 0.469. The first-order chi connectivity index (χ1) is 4.52. The van der Waals surface area contributed by atoms with Crippen LogP contribution in [0, 0.1) is 11.3 Å². The summed E-state index contributed by atoms with van der Waals surface area (Å²) >= 11 is 0. The van der Waals surface area contributed by atoms with Gasteiger partial charge in [0.15, 0.2) is 0 Å². The molecule has 0 aliphatic heterocycles. The Bertz CT molecular complexity index is 177. The van der Waals surface area contributed by atoms with Crippen molar-refractivity contribution in [2.45, 2.75) is 27.2 Å². The largest absolute Gasteiger partial charge is 0.299 e. The molecule has 0 aromatic heterocycles. The predicted octanol–water partition coefficient (Wildman–Crippen LogP) is 2.18. The van der Waals surface area contributed by atoms with Gasteiger partial charge in [-0.15, -0.1) is 0 Å². The first kappa shape index (κ1) is 7.52. The highest BCUT2D eigenvalue weighted by Gasteiger charge is 2.28. The lowest BCUT2D eigenvalue weighted by molar-refractivity contribution is -0.126. The number of Topliss-reactive ketones (excluding diaryl/α,β-unsaturated/α-hetero) is 1. The topological polar surface area (TPSA) is 17.1 Å². The molecule has 0 N–H and O–H groups in total. The number of rotatable bonds is 0. The van der Waals surface area contributed by atoms with E-state index < -0.39 is 0 Å². The molecule has 1 aliphatic rings. The van der Waals surface area contributed by atoms with E-state index in [1.165, 1.54) is 0 Å². The zero-order valence-corrected chi connectivity index (χ0v) is 6.85. The highest BCUT2D eigenvalue weighted by molar-refractivity contribution is 5.87. The van der Waals surface area contributed by atoms with E-state index in [1.54, 1.807) is 0 Å². The molecule has 0 fully saturated rings. The van der Waals surface area contributed by atoms with Gasteiger partial charge in [-0.25, -0.2) is 0 Å². The molecular weight excluding hydrogens is 124 g/mol. The zero-order chi connectivity index (χ0) is 7.78. The van der Waals surface area contributed by atoms with Gasteiger partial charge in [-0.2, -0.15) is 0 Å². The second kappa shape index (κ2) is 2.22. The van der Waals surface area contributed by atoms with Crippen LogP contribution >= 0.6 is 0 Å². The summed E-state index contributed by atoms with van der Waals surface area (Å²) in [5, 5.41) is 0. The van der Waals surface area contributed by atoms with Crippen molar-refractivity contribution in [1.82, 2.24) is 0 Å². The van der Waals surface area contributed by atoms with E-state index in [-0.39, 0.29) is 5.41 Å². The van der Waals surface area contributed by atoms with Crippen molar-refractivity contribution < 1.29 is 4.79 Å². The average Bonchev–Trinajstić information content (AvgIpc) is 1.81. The van der Waals surface area contributed by atoms with Crippen molar-refractivity contribution in [3.8, 4) is 0 Å². The monoisotopic (exact) mass is 138 g/mol. The maximum absolute atomic E-state index is 11.3. The van der Waals surface area contributed by atoms with Crippen LogP contribution in [0.3, 0.4) is 0 Å². The molecule has 0 bridgehead atoms. The van der Waals surface area contributed by atoms with Gasteiger partial charge >= 0.3 is 0 Å². The van der Waals surface area contributed by atoms with Crippen LogP contribution in [0.2, 0.25) is 0 Å². The van der Waals surface area contributed by atoms with E-state index in [0.717, 1.165) is 0 Å². The lowest BCUT2D eigenvalue weighted by Gasteiger charge is -2.24. The van der Waals surface area contributed by atoms with Gasteiger partial charge in [0.05, 0.1) is 0 Å². The third kappa shape index (κ3) is 1.28. The van der Waals surface area contributed by atoms with E-state index >= 15 is 0 Å². The first-order valence-electron chi connectivity index (χ1n) is 3.75. The SMILES string of the molecule is CC1C=CC(C)(C)C(=O)C1. The maximum atomic E-state index is 11.3. The van der Waals surface area contributed by atoms with Crippen LogP contribution in [0.4, 0.5) is 0 Å². The minimum absolute atomic E-state index is 0.202. The van der Waals surface area contributed by atoms with Gasteiger partial charge in [0, 0.05) is 11.8 Å². The second-order valence-corrected chi connectivity index (χ2v) is 3.69. The van der Waals surface area contributed by atoms with Crippen LogP contribution < -0.4 is 0 Å². The van der Waals surface area contributed by atoms with Crippen LogP contribution in [0.15, 0.2) is 12.2 Å². The molecule has 0 amide bonds. The van der Waals surface area contributed by atoms with Crippen molar-refractivity contribution in [3.63, 3.8) is 0 Å². The number of allylic oxidation sites excluding steroid dienone is 2. The fourth-order valence-corrected chi connectivity index (χ4v) is 1.12. The Hall–Kier alpha value is -0.590. The molecule has 0 heterocycles. The van der Waals surface area contributed by atoms with Gasteiger partial charge in [-0.3, -0.25) is 4.79 Å². The van der Waals surface area contributed by atoms with Gasteiger partial charge in [0.25, 0.3) is 0 Å². The van der Waals surface area contributed by atoms with Crippen LogP contribution in [-0.4, -0.2) is 5.78 Å². The van der Waals surface area contributed by atoms with Gasteiger partial charge in [0.2, 0.25) is 0 Å². The molecule has 0 saturated carbocycles. The van der Waals surface area contributed by atoms with Gasteiger partial charge < -0.3 is 0 Å². The summed E-state index contributed by atoms with van der Waals surface area (Å²) in [6.45, 7) is 6.01. The van der Waals surface area contributed by atoms with Gasteiger partial charge in [-0.05, 0) is 19.8 Å². The molecule has 1 rings (SSSR count). The molecule has 0 saturated heterocycles. The summed E-state index contributed by atoms with van der Waals surface area (Å²) in [4.78, 5) is 11.3. The molecule has 1 nitrogen and oxygen atoms in total. The molecule has 1 aliphatic carbocycles. The Balaban J connectivity index is 2.83. The van der Waals surface area contributed by atoms with E-state index in [2.05, 4.69) is 13.0 Å². The summed E-state index contributed by atoms with van der Waals surface area (Å²) in [5.74, 6) is 0.808. The van der Waals surface area contributed by atoms with Crippen molar-refractivity contribution in [2.24, 2.45) is 11.3 Å². The summed E-state index contributed by atoms with van der Waals surface area (Å²) in [7, 11) is 0. The van der Waals surface area contributed by atoms with Crippen molar-refractivity contribution in [1.29, 1.82) is 0 Å². The Labute approximate surface area is 62.1 Å². The van der Waals surface area contributed by atoms with Gasteiger partial charge in [0.1, 0.15) is 5.78 Å². The fourth-order valence-electron chi connectivity index (χ4n) is 1.12. The zero-order valence-electron chi connectivity index (χ0n) is 6.85. The molecule has 1 unspecified atom stereocenters. The summed E-state index contributed by atoms with van der Waals surface area (Å²) in [6.07, 6.45) is 4.86. The molecule has 10 heavy (non-hydrogen) atoms. The third-order valence-electron chi connectivity index (χ3n) is 2.07. The molecule has 56 valence electrons. The molecule has 0 radical (unpaired) electrons. The standard InChI is InChI=1S/C9H14O/c1-7-4-5-9(2,3)8(10)6-7/h4-5,7H,6H2,1-3H3. The molecule has 1 atom stereocenters. The van der Waals surface area contributed by atoms with Crippen molar-refractivity contribution >= 4 is 5.78 Å². The number of ketones is 1. The van der Waals surface area contributed by atoms with Crippen LogP contribution in [0.5, 0.6) is 0 Å². The highest BCUT2D eigenvalue weighted by Crippen LogP contribution is 2.28. The van der Waals surface area contributed by atoms with E-state index in [0.29, 0.717) is 18.1 Å². The third-order valence-corrected chi connectivity index (χ3v) is 2.07. The fraction of sp³-hybridized carbons (Fsp3) is 0.667. The van der Waals surface area contributed by atoms with Crippen molar-refractivity contribution in [2.75, 3.05) is 0 Å². The Morgan fingerprint density at radius 3 is 2.60 bits per heavy atom. The number of hydrogen-bond acceptors (Lipinski definition) is 1. The van der Waals surface area contributed by atoms with Crippen LogP contribution in [-0.2, 0) is 4.79 Å². The summed E-state index contributed by atoms with van der Waals surface area (Å²) < 4.78 is 0. The highest BCUT2D eigenvalue weighted by atomic mass is 16.1.